The minimum Gasteiger partial charge on any atom is -0.396 e. The van der Waals surface area contributed by atoms with E-state index in [-0.39, 0.29) is 6.61 Å². The third-order valence-corrected chi connectivity index (χ3v) is 2.69. The topological polar surface area (TPSA) is 49.2 Å². The molecule has 0 aliphatic carbocycles. The zero-order valence-electron chi connectivity index (χ0n) is 7.73. The number of hydrogen-bond donors (Lipinski definition) is 1. The van der Waals surface area contributed by atoms with Gasteiger partial charge >= 0.3 is 0 Å². The van der Waals surface area contributed by atoms with Crippen LogP contribution < -0.4 is 4.90 Å². The number of anilines is 1. The summed E-state index contributed by atoms with van der Waals surface area (Å²) in [6.45, 7) is 2.03. The van der Waals surface area contributed by atoms with Gasteiger partial charge in [0.15, 0.2) is 0 Å². The lowest BCUT2D eigenvalue weighted by Crippen LogP contribution is -2.21. The molecule has 0 bridgehead atoms. The first-order valence-corrected chi connectivity index (χ1v) is 5.00. The quantitative estimate of drug-likeness (QED) is 0.744. The van der Waals surface area contributed by atoms with Crippen molar-refractivity contribution in [2.24, 2.45) is 5.92 Å². The molecular formula is C9H12ClN3O. The Morgan fingerprint density at radius 3 is 3.07 bits per heavy atom. The number of aromatic nitrogens is 2. The van der Waals surface area contributed by atoms with Crippen LogP contribution in [0.15, 0.2) is 12.4 Å². The first-order chi connectivity index (χ1) is 6.79. The van der Waals surface area contributed by atoms with Crippen molar-refractivity contribution in [3.8, 4) is 0 Å². The van der Waals surface area contributed by atoms with Gasteiger partial charge in [-0.2, -0.15) is 0 Å². The minimum absolute atomic E-state index is 0.245. The molecule has 2 rings (SSSR count). The van der Waals surface area contributed by atoms with Gasteiger partial charge in [-0.05, 0) is 6.42 Å². The molecule has 1 fully saturated rings. The third kappa shape index (κ3) is 1.96. The summed E-state index contributed by atoms with van der Waals surface area (Å²) in [5.74, 6) is 1.21. The largest absolute Gasteiger partial charge is 0.396 e. The summed E-state index contributed by atoms with van der Waals surface area (Å²) in [6.07, 6.45) is 2.47. The molecule has 1 atom stereocenters. The van der Waals surface area contributed by atoms with Crippen molar-refractivity contribution in [1.29, 1.82) is 0 Å². The van der Waals surface area contributed by atoms with E-state index in [9.17, 15) is 0 Å². The average Bonchev–Trinajstić information content (AvgIpc) is 2.66. The molecule has 0 saturated carbocycles. The van der Waals surface area contributed by atoms with Crippen molar-refractivity contribution in [1.82, 2.24) is 9.97 Å². The molecule has 14 heavy (non-hydrogen) atoms. The lowest BCUT2D eigenvalue weighted by atomic mass is 10.1. The summed E-state index contributed by atoms with van der Waals surface area (Å²) >= 11 is 5.77. The third-order valence-electron chi connectivity index (χ3n) is 2.49. The molecule has 1 aliphatic rings. The molecule has 1 aliphatic heterocycles. The van der Waals surface area contributed by atoms with Crippen LogP contribution >= 0.6 is 11.6 Å². The Labute approximate surface area is 87.5 Å². The summed E-state index contributed by atoms with van der Waals surface area (Å²) < 4.78 is 0. The van der Waals surface area contributed by atoms with Gasteiger partial charge in [0, 0.05) is 31.7 Å². The first-order valence-electron chi connectivity index (χ1n) is 4.63. The van der Waals surface area contributed by atoms with Crippen molar-refractivity contribution in [3.05, 3.63) is 17.5 Å². The Hall–Kier alpha value is -0.870. The molecule has 5 heteroatoms. The number of hydrogen-bond acceptors (Lipinski definition) is 4. The summed E-state index contributed by atoms with van der Waals surface area (Å²) in [5, 5.41) is 9.46. The summed E-state index contributed by atoms with van der Waals surface area (Å²) in [7, 11) is 0. The van der Waals surface area contributed by atoms with Gasteiger partial charge in [-0.15, -0.1) is 0 Å². The van der Waals surface area contributed by atoms with E-state index in [0.29, 0.717) is 11.1 Å². The van der Waals surface area contributed by atoms with Gasteiger partial charge in [-0.3, -0.25) is 0 Å². The predicted molar refractivity (Wildman–Crippen MR) is 54.4 cm³/mol. The fourth-order valence-electron chi connectivity index (χ4n) is 1.69. The lowest BCUT2D eigenvalue weighted by Gasteiger charge is -2.16. The van der Waals surface area contributed by atoms with Crippen LogP contribution in [0.2, 0.25) is 5.15 Å². The Morgan fingerprint density at radius 2 is 2.43 bits per heavy atom. The molecular weight excluding hydrogens is 202 g/mol. The molecule has 1 N–H and O–H groups in total. The predicted octanol–water partition coefficient (Wildman–Crippen LogP) is 0.949. The van der Waals surface area contributed by atoms with E-state index in [1.807, 2.05) is 0 Å². The molecule has 1 saturated heterocycles. The molecule has 2 heterocycles. The van der Waals surface area contributed by atoms with E-state index in [2.05, 4.69) is 14.9 Å². The molecule has 76 valence electrons. The van der Waals surface area contributed by atoms with Crippen LogP contribution in [0.4, 0.5) is 5.82 Å². The van der Waals surface area contributed by atoms with E-state index < -0.39 is 0 Å². The monoisotopic (exact) mass is 213 g/mol. The maximum absolute atomic E-state index is 9.00. The first kappa shape index (κ1) is 9.68. The van der Waals surface area contributed by atoms with Crippen molar-refractivity contribution in [3.63, 3.8) is 0 Å². The lowest BCUT2D eigenvalue weighted by molar-refractivity contribution is 0.238. The van der Waals surface area contributed by atoms with Gasteiger partial charge in [0.1, 0.15) is 17.3 Å². The molecule has 0 radical (unpaired) electrons. The molecule has 4 nitrogen and oxygen atoms in total. The highest BCUT2D eigenvalue weighted by molar-refractivity contribution is 6.29. The van der Waals surface area contributed by atoms with E-state index in [4.69, 9.17) is 16.7 Å². The maximum Gasteiger partial charge on any atom is 0.134 e. The minimum atomic E-state index is 0.245. The van der Waals surface area contributed by atoms with E-state index in [1.165, 1.54) is 6.33 Å². The summed E-state index contributed by atoms with van der Waals surface area (Å²) in [6, 6.07) is 1.75. The number of rotatable bonds is 2. The van der Waals surface area contributed by atoms with E-state index in [0.717, 1.165) is 25.3 Å². The second kappa shape index (κ2) is 4.11. The zero-order valence-corrected chi connectivity index (χ0v) is 8.48. The standard InChI is InChI=1S/C9H12ClN3O/c10-8-3-9(12-6-11-8)13-2-1-7(4-13)5-14/h3,6-7,14H,1-2,4-5H2/t7-/m1/s1. The maximum atomic E-state index is 9.00. The molecule has 1 aromatic heterocycles. The smallest absolute Gasteiger partial charge is 0.134 e. The molecule has 0 spiro atoms. The van der Waals surface area contributed by atoms with Crippen LogP contribution in [0.3, 0.4) is 0 Å². The zero-order chi connectivity index (χ0) is 9.97. The van der Waals surface area contributed by atoms with Crippen LogP contribution in [0.25, 0.3) is 0 Å². The number of nitrogens with zero attached hydrogens (tertiary/aromatic N) is 3. The fraction of sp³-hybridized carbons (Fsp3) is 0.556. The molecule has 1 aromatic rings. The Bertz CT molecular complexity index is 321. The molecule has 0 aromatic carbocycles. The van der Waals surface area contributed by atoms with Crippen molar-refractivity contribution in [2.45, 2.75) is 6.42 Å². The highest BCUT2D eigenvalue weighted by Crippen LogP contribution is 2.22. The SMILES string of the molecule is OC[C@@H]1CCN(c2cc(Cl)ncn2)C1. The Kier molecular flexibility index (Phi) is 2.84. The van der Waals surface area contributed by atoms with Crippen molar-refractivity contribution < 1.29 is 5.11 Å². The average molecular weight is 214 g/mol. The fourth-order valence-corrected chi connectivity index (χ4v) is 1.83. The van der Waals surface area contributed by atoms with Gasteiger partial charge < -0.3 is 10.0 Å². The Balaban J connectivity index is 2.09. The number of halogens is 1. The summed E-state index contributed by atoms with van der Waals surface area (Å²) in [5.41, 5.74) is 0. The second-order valence-corrected chi connectivity index (χ2v) is 3.87. The van der Waals surface area contributed by atoms with Crippen LogP contribution in [-0.4, -0.2) is 34.8 Å². The highest BCUT2D eigenvalue weighted by atomic mass is 35.5. The molecule has 0 unspecified atom stereocenters. The van der Waals surface area contributed by atoms with E-state index in [1.54, 1.807) is 6.07 Å². The van der Waals surface area contributed by atoms with Crippen molar-refractivity contribution >= 4 is 17.4 Å². The van der Waals surface area contributed by atoms with Crippen LogP contribution in [0.1, 0.15) is 6.42 Å². The molecule has 0 amide bonds. The van der Waals surface area contributed by atoms with Gasteiger partial charge in [0.05, 0.1) is 0 Å². The van der Waals surface area contributed by atoms with Crippen LogP contribution in [0, 0.1) is 5.92 Å². The number of aliphatic hydroxyl groups is 1. The van der Waals surface area contributed by atoms with Gasteiger partial charge in [-0.1, -0.05) is 11.6 Å². The van der Waals surface area contributed by atoms with Crippen LogP contribution in [-0.2, 0) is 0 Å². The second-order valence-electron chi connectivity index (χ2n) is 3.48. The normalized spacial score (nSPS) is 21.6. The van der Waals surface area contributed by atoms with Gasteiger partial charge in [0.2, 0.25) is 0 Å². The highest BCUT2D eigenvalue weighted by Gasteiger charge is 2.22. The van der Waals surface area contributed by atoms with Crippen LogP contribution in [0.5, 0.6) is 0 Å². The van der Waals surface area contributed by atoms with Gasteiger partial charge in [-0.25, -0.2) is 9.97 Å². The Morgan fingerprint density at radius 1 is 1.57 bits per heavy atom. The number of aliphatic hydroxyl groups excluding tert-OH is 1. The summed E-state index contributed by atoms with van der Waals surface area (Å²) in [4.78, 5) is 10.1. The van der Waals surface area contributed by atoms with Gasteiger partial charge in [0.25, 0.3) is 0 Å². The van der Waals surface area contributed by atoms with E-state index >= 15 is 0 Å². The van der Waals surface area contributed by atoms with Crippen molar-refractivity contribution in [2.75, 3.05) is 24.6 Å².